The van der Waals surface area contributed by atoms with E-state index < -0.39 is 17.4 Å². The van der Waals surface area contributed by atoms with Gasteiger partial charge in [-0.3, -0.25) is 0 Å². The van der Waals surface area contributed by atoms with Crippen molar-refractivity contribution in [2.45, 2.75) is 5.54 Å². The Kier molecular flexibility index (Phi) is 5.10. The van der Waals surface area contributed by atoms with Crippen molar-refractivity contribution in [2.75, 3.05) is 13.7 Å². The first-order chi connectivity index (χ1) is 14.5. The molecule has 1 heterocycles. The standard InChI is InChI=1S/C23H19FN2O4/c1-29-19-12-6-11-18(20(19)24)15-7-5-10-17(13-15)23(16-8-3-2-4-9-16)14-30-21(26-23)25-22(27)28/h2-13H,14H2,1H3,(H,25,26)(H,27,28). The van der Waals surface area contributed by atoms with Crippen molar-refractivity contribution in [1.29, 1.82) is 0 Å². The molecule has 152 valence electrons. The number of rotatable bonds is 4. The van der Waals surface area contributed by atoms with Gasteiger partial charge in [-0.05, 0) is 28.8 Å². The van der Waals surface area contributed by atoms with Crippen LogP contribution in [0.5, 0.6) is 5.75 Å². The van der Waals surface area contributed by atoms with Gasteiger partial charge in [-0.15, -0.1) is 0 Å². The molecule has 3 aromatic carbocycles. The molecule has 1 atom stereocenters. The molecule has 7 heteroatoms. The highest BCUT2D eigenvalue weighted by atomic mass is 19.1. The lowest BCUT2D eigenvalue weighted by atomic mass is 9.83. The summed E-state index contributed by atoms with van der Waals surface area (Å²) in [5.41, 5.74) is 1.65. The molecule has 2 N–H and O–H groups in total. The van der Waals surface area contributed by atoms with E-state index >= 15 is 0 Å². The third-order valence-corrected chi connectivity index (χ3v) is 5.01. The van der Waals surface area contributed by atoms with Crippen LogP contribution in [-0.4, -0.2) is 30.9 Å². The van der Waals surface area contributed by atoms with Gasteiger partial charge in [0, 0.05) is 5.56 Å². The number of amidine groups is 1. The lowest BCUT2D eigenvalue weighted by Crippen LogP contribution is -2.28. The Morgan fingerprint density at radius 2 is 1.83 bits per heavy atom. The number of benzene rings is 3. The average Bonchev–Trinajstić information content (AvgIpc) is 3.19. The smallest absolute Gasteiger partial charge is 0.412 e. The molecule has 0 bridgehead atoms. The summed E-state index contributed by atoms with van der Waals surface area (Å²) < 4.78 is 25.5. The van der Waals surface area contributed by atoms with Crippen LogP contribution in [0.1, 0.15) is 11.1 Å². The maximum absolute atomic E-state index is 14.8. The van der Waals surface area contributed by atoms with Gasteiger partial charge in [-0.25, -0.2) is 19.5 Å². The Hall–Kier alpha value is -3.87. The van der Waals surface area contributed by atoms with E-state index in [-0.39, 0.29) is 18.4 Å². The molecule has 1 aliphatic heterocycles. The maximum Gasteiger partial charge on any atom is 0.412 e. The summed E-state index contributed by atoms with van der Waals surface area (Å²) >= 11 is 0. The van der Waals surface area contributed by atoms with E-state index in [0.29, 0.717) is 11.1 Å². The van der Waals surface area contributed by atoms with Gasteiger partial charge in [0.1, 0.15) is 6.61 Å². The van der Waals surface area contributed by atoms with Crippen LogP contribution in [0.2, 0.25) is 0 Å². The number of aliphatic imine (C=N–C) groups is 1. The number of methoxy groups -OCH3 is 1. The number of nitrogens with one attached hydrogen (secondary N) is 1. The Morgan fingerprint density at radius 1 is 1.10 bits per heavy atom. The Labute approximate surface area is 172 Å². The van der Waals surface area contributed by atoms with Crippen molar-refractivity contribution in [3.8, 4) is 16.9 Å². The zero-order valence-corrected chi connectivity index (χ0v) is 16.1. The predicted molar refractivity (Wildman–Crippen MR) is 110 cm³/mol. The van der Waals surface area contributed by atoms with Gasteiger partial charge in [0.15, 0.2) is 17.1 Å². The fraction of sp³-hybridized carbons (Fsp3) is 0.130. The second kappa shape index (κ2) is 7.87. The number of halogens is 1. The topological polar surface area (TPSA) is 80.2 Å². The molecule has 1 unspecified atom stereocenters. The van der Waals surface area contributed by atoms with Gasteiger partial charge in [0.25, 0.3) is 6.02 Å². The van der Waals surface area contributed by atoms with E-state index in [0.717, 1.165) is 11.1 Å². The third-order valence-electron chi connectivity index (χ3n) is 5.01. The SMILES string of the molecule is COc1cccc(-c2cccc(C3(c4ccccc4)COC(NC(=O)O)=N3)c2)c1F. The van der Waals surface area contributed by atoms with Gasteiger partial charge in [0.2, 0.25) is 0 Å². The molecule has 0 saturated carbocycles. The molecule has 30 heavy (non-hydrogen) atoms. The van der Waals surface area contributed by atoms with E-state index in [1.54, 1.807) is 24.3 Å². The highest BCUT2D eigenvalue weighted by molar-refractivity contribution is 5.91. The van der Waals surface area contributed by atoms with Gasteiger partial charge in [-0.2, -0.15) is 0 Å². The zero-order chi connectivity index (χ0) is 21.1. The van der Waals surface area contributed by atoms with E-state index in [1.807, 2.05) is 48.5 Å². The molecule has 4 rings (SSSR count). The van der Waals surface area contributed by atoms with Gasteiger partial charge >= 0.3 is 6.09 Å². The van der Waals surface area contributed by atoms with Gasteiger partial charge < -0.3 is 14.6 Å². The highest BCUT2D eigenvalue weighted by Crippen LogP contribution is 2.39. The van der Waals surface area contributed by atoms with E-state index in [2.05, 4.69) is 10.3 Å². The van der Waals surface area contributed by atoms with Gasteiger partial charge in [0.05, 0.1) is 7.11 Å². The minimum Gasteiger partial charge on any atom is -0.494 e. The number of amides is 1. The molecule has 1 amide bonds. The number of ether oxygens (including phenoxy) is 2. The minimum absolute atomic E-state index is 0.0793. The van der Waals surface area contributed by atoms with Crippen LogP contribution in [0, 0.1) is 5.82 Å². The average molecular weight is 406 g/mol. The molecule has 0 saturated heterocycles. The lowest BCUT2D eigenvalue weighted by molar-refractivity contribution is 0.195. The molecule has 1 aliphatic rings. The fourth-order valence-corrected chi connectivity index (χ4v) is 3.58. The summed E-state index contributed by atoms with van der Waals surface area (Å²) in [5, 5.41) is 11.2. The second-order valence-corrected chi connectivity index (χ2v) is 6.76. The third kappa shape index (κ3) is 3.45. The number of hydrogen-bond acceptors (Lipinski definition) is 4. The molecule has 0 spiro atoms. The Balaban J connectivity index is 1.85. The van der Waals surface area contributed by atoms with E-state index in [9.17, 15) is 9.18 Å². The van der Waals surface area contributed by atoms with Crippen LogP contribution < -0.4 is 10.1 Å². The maximum atomic E-state index is 14.8. The molecule has 6 nitrogen and oxygen atoms in total. The van der Waals surface area contributed by atoms with E-state index in [4.69, 9.17) is 14.6 Å². The minimum atomic E-state index is -1.26. The molecular formula is C23H19FN2O4. The summed E-state index contributed by atoms with van der Waals surface area (Å²) in [7, 11) is 1.42. The molecule has 0 aliphatic carbocycles. The first kappa shape index (κ1) is 19.4. The quantitative estimate of drug-likeness (QED) is 0.673. The molecular weight excluding hydrogens is 387 g/mol. The predicted octanol–water partition coefficient (Wildman–Crippen LogP) is 4.40. The van der Waals surface area contributed by atoms with E-state index in [1.165, 1.54) is 7.11 Å². The summed E-state index contributed by atoms with van der Waals surface area (Å²) in [4.78, 5) is 15.6. The monoisotopic (exact) mass is 406 g/mol. The van der Waals surface area contributed by atoms with Crippen LogP contribution in [-0.2, 0) is 10.3 Å². The van der Waals surface area contributed by atoms with Crippen molar-refractivity contribution in [3.05, 3.63) is 89.7 Å². The summed E-state index contributed by atoms with van der Waals surface area (Å²) in [6.07, 6.45) is -1.26. The lowest BCUT2D eigenvalue weighted by Gasteiger charge is -2.25. The molecule has 0 radical (unpaired) electrons. The Morgan fingerprint density at radius 3 is 2.57 bits per heavy atom. The van der Waals surface area contributed by atoms with Crippen LogP contribution in [0.4, 0.5) is 9.18 Å². The summed E-state index contributed by atoms with van der Waals surface area (Å²) in [5.74, 6) is -0.295. The number of nitrogens with zero attached hydrogens (tertiary/aromatic N) is 1. The molecule has 3 aromatic rings. The molecule has 0 fully saturated rings. The van der Waals surface area contributed by atoms with Crippen LogP contribution in [0.25, 0.3) is 11.1 Å². The van der Waals surface area contributed by atoms with Crippen molar-refractivity contribution in [1.82, 2.24) is 5.32 Å². The summed E-state index contributed by atoms with van der Waals surface area (Å²) in [6.45, 7) is 0.108. The van der Waals surface area contributed by atoms with Crippen LogP contribution in [0.3, 0.4) is 0 Å². The normalized spacial score (nSPS) is 17.7. The van der Waals surface area contributed by atoms with Crippen molar-refractivity contribution in [2.24, 2.45) is 4.99 Å². The second-order valence-electron chi connectivity index (χ2n) is 6.76. The van der Waals surface area contributed by atoms with Gasteiger partial charge in [-0.1, -0.05) is 60.7 Å². The first-order valence-corrected chi connectivity index (χ1v) is 9.25. The number of carbonyl (C=O) groups is 1. The van der Waals surface area contributed by atoms with Crippen molar-refractivity contribution >= 4 is 12.1 Å². The molecule has 0 aromatic heterocycles. The highest BCUT2D eigenvalue weighted by Gasteiger charge is 2.41. The fourth-order valence-electron chi connectivity index (χ4n) is 3.58. The number of hydrogen-bond donors (Lipinski definition) is 2. The Bertz CT molecular complexity index is 1120. The number of carboxylic acid groups (broad SMARTS) is 1. The van der Waals surface area contributed by atoms with Crippen molar-refractivity contribution in [3.63, 3.8) is 0 Å². The van der Waals surface area contributed by atoms with Crippen LogP contribution in [0.15, 0.2) is 77.8 Å². The van der Waals surface area contributed by atoms with Crippen molar-refractivity contribution < 1.29 is 23.8 Å². The summed E-state index contributed by atoms with van der Waals surface area (Å²) in [6, 6.07) is 21.6. The largest absolute Gasteiger partial charge is 0.494 e. The van der Waals surface area contributed by atoms with Crippen LogP contribution >= 0.6 is 0 Å². The first-order valence-electron chi connectivity index (χ1n) is 9.25. The zero-order valence-electron chi connectivity index (χ0n) is 16.1.